The Morgan fingerprint density at radius 2 is 1.03 bits per heavy atom. The van der Waals surface area contributed by atoms with E-state index in [1.807, 2.05) is 52.0 Å². The molecule has 0 bridgehead atoms. The highest BCUT2D eigenvalue weighted by Crippen LogP contribution is 2.50. The van der Waals surface area contributed by atoms with E-state index in [1.54, 1.807) is 36.4 Å². The minimum Gasteiger partial charge on any atom is -0.468 e. The molecule has 2 saturated heterocycles. The van der Waals surface area contributed by atoms with Crippen molar-refractivity contribution in [3.8, 4) is 22.3 Å². The van der Waals surface area contributed by atoms with E-state index in [4.69, 9.17) is 9.47 Å². The highest BCUT2D eigenvalue weighted by atomic mass is 32.2. The van der Waals surface area contributed by atoms with Gasteiger partial charge in [-0.1, -0.05) is 100 Å². The van der Waals surface area contributed by atoms with Crippen molar-refractivity contribution in [3.05, 3.63) is 127 Å². The Hall–Kier alpha value is -6.69. The molecule has 2 heterocycles. The molecule has 17 heteroatoms. The van der Waals surface area contributed by atoms with Crippen molar-refractivity contribution in [1.82, 2.24) is 20.4 Å². The molecular weight excluding hydrogens is 853 g/mol. The van der Waals surface area contributed by atoms with Gasteiger partial charge in [-0.05, 0) is 69.5 Å². The summed E-state index contributed by atoms with van der Waals surface area (Å²) in [5.74, 6) is -1.91. The Morgan fingerprint density at radius 3 is 1.38 bits per heavy atom. The van der Waals surface area contributed by atoms with Crippen LogP contribution in [-0.2, 0) is 28.7 Å². The maximum atomic E-state index is 13.5. The number of methoxy groups -OCH3 is 2. The van der Waals surface area contributed by atoms with Crippen molar-refractivity contribution in [2.24, 2.45) is 0 Å². The Morgan fingerprint density at radius 1 is 0.646 bits per heavy atom. The van der Waals surface area contributed by atoms with Crippen LogP contribution in [0.5, 0.6) is 0 Å². The summed E-state index contributed by atoms with van der Waals surface area (Å²) in [7, 11) is 2.55. The van der Waals surface area contributed by atoms with Crippen molar-refractivity contribution < 1.29 is 38.5 Å². The van der Waals surface area contributed by atoms with Gasteiger partial charge in [0.05, 0.1) is 45.0 Å². The maximum absolute atomic E-state index is 13.5. The van der Waals surface area contributed by atoms with E-state index in [9.17, 15) is 39.4 Å². The topological polar surface area (TPSA) is 204 Å². The standard InChI is InChI=1S/C48H52N6O10S/c1-29(2)33-11-7-9-13-35(33)43-31(17-21-41(55)51-25-23-49-37(27-51)47(57)63-5)15-19-39(45(43)53(59)60)65-40-20-16-32(18-22-42(56)52-26-24-50-38(28-52)48(58)64-6)44(46(40)54(61)62)36-14-10-8-12-34(36)30(3)4/h7-22,29-30,37-38,49-50H,23-28H2,1-6H3. The lowest BCUT2D eigenvalue weighted by atomic mass is 9.89. The molecule has 6 rings (SSSR count). The number of hydrogen-bond donors (Lipinski definition) is 2. The minimum absolute atomic E-state index is 0.0605. The van der Waals surface area contributed by atoms with Gasteiger partial charge in [-0.2, -0.15) is 0 Å². The lowest BCUT2D eigenvalue weighted by Gasteiger charge is -2.31. The molecular formula is C48H52N6O10S. The zero-order valence-electron chi connectivity index (χ0n) is 37.1. The summed E-state index contributed by atoms with van der Waals surface area (Å²) >= 11 is 0.882. The van der Waals surface area contributed by atoms with E-state index in [1.165, 1.54) is 60.5 Å². The first-order chi connectivity index (χ1) is 31.1. The second-order valence-corrected chi connectivity index (χ2v) is 17.2. The first kappa shape index (κ1) is 47.8. The largest absolute Gasteiger partial charge is 0.468 e. The SMILES string of the molecule is COC(=O)C1CN(C(=O)C=Cc2ccc(Sc3ccc(C=CC(=O)N4CCNC(C(=O)OC)C4)c(-c4ccccc4C(C)C)c3[N+](=O)[O-])c([N+](=O)[O-])c2-c2ccccc2C(C)C)CCN1. The zero-order chi connectivity index (χ0) is 46.9. The molecule has 2 fully saturated rings. The molecule has 2 amide bonds. The normalized spacial score (nSPS) is 16.6. The second kappa shape index (κ2) is 21.3. The van der Waals surface area contributed by atoms with Gasteiger partial charge in [0.1, 0.15) is 12.1 Å². The molecule has 2 N–H and O–H groups in total. The Balaban J connectivity index is 1.49. The van der Waals surface area contributed by atoms with Crippen molar-refractivity contribution >= 4 is 59.0 Å². The van der Waals surface area contributed by atoms with Crippen molar-refractivity contribution in [3.63, 3.8) is 0 Å². The molecule has 0 aromatic heterocycles. The minimum atomic E-state index is -0.701. The van der Waals surface area contributed by atoms with E-state index in [0.717, 1.165) is 22.9 Å². The number of piperazine rings is 2. The maximum Gasteiger partial charge on any atom is 0.324 e. The van der Waals surface area contributed by atoms with Gasteiger partial charge >= 0.3 is 11.9 Å². The summed E-state index contributed by atoms with van der Waals surface area (Å²) in [4.78, 5) is 80.7. The van der Waals surface area contributed by atoms with Crippen molar-refractivity contribution in [1.29, 1.82) is 0 Å². The summed E-state index contributed by atoms with van der Waals surface area (Å²) in [5, 5.41) is 32.9. The van der Waals surface area contributed by atoms with Gasteiger partial charge in [0.25, 0.3) is 11.4 Å². The lowest BCUT2D eigenvalue weighted by Crippen LogP contribution is -2.55. The summed E-state index contributed by atoms with van der Waals surface area (Å²) < 4.78 is 9.73. The fourth-order valence-corrected chi connectivity index (χ4v) is 9.21. The third-order valence-electron chi connectivity index (χ3n) is 11.4. The average molecular weight is 905 g/mol. The number of rotatable bonds is 14. The van der Waals surface area contributed by atoms with Crippen molar-refractivity contribution in [2.45, 2.75) is 61.4 Å². The number of nitrogens with zero attached hydrogens (tertiary/aromatic N) is 4. The van der Waals surface area contributed by atoms with Gasteiger partial charge < -0.3 is 29.9 Å². The predicted octanol–water partition coefficient (Wildman–Crippen LogP) is 7.21. The molecule has 0 saturated carbocycles. The lowest BCUT2D eigenvalue weighted by molar-refractivity contribution is -0.387. The molecule has 0 aliphatic carbocycles. The number of hydrogen-bond acceptors (Lipinski definition) is 13. The molecule has 2 atom stereocenters. The van der Waals surface area contributed by atoms with E-state index in [0.29, 0.717) is 48.4 Å². The van der Waals surface area contributed by atoms with Crippen LogP contribution in [0.3, 0.4) is 0 Å². The number of nitro groups is 2. The average Bonchev–Trinajstić information content (AvgIpc) is 3.31. The molecule has 4 aromatic carbocycles. The van der Waals surface area contributed by atoms with Gasteiger partial charge in [0.2, 0.25) is 11.8 Å². The summed E-state index contributed by atoms with van der Waals surface area (Å²) in [5.41, 5.74) is 3.34. The van der Waals surface area contributed by atoms with E-state index in [-0.39, 0.29) is 57.2 Å². The van der Waals surface area contributed by atoms with Gasteiger partial charge in [0.15, 0.2) is 0 Å². The Labute approximate surface area is 381 Å². The summed E-state index contributed by atoms with van der Waals surface area (Å²) in [6, 6.07) is 19.5. The van der Waals surface area contributed by atoms with Crippen LogP contribution in [0, 0.1) is 20.2 Å². The van der Waals surface area contributed by atoms with E-state index < -0.39 is 45.7 Å². The molecule has 2 aliphatic rings. The van der Waals surface area contributed by atoms with Gasteiger partial charge in [-0.15, -0.1) is 0 Å². The fourth-order valence-electron chi connectivity index (χ4n) is 8.15. The van der Waals surface area contributed by atoms with Crippen LogP contribution in [0.15, 0.2) is 94.7 Å². The number of carbonyl (C=O) groups is 4. The highest BCUT2D eigenvalue weighted by Gasteiger charge is 2.33. The van der Waals surface area contributed by atoms with Crippen LogP contribution in [0.1, 0.15) is 61.8 Å². The van der Waals surface area contributed by atoms with Crippen molar-refractivity contribution in [2.75, 3.05) is 53.5 Å². The third kappa shape index (κ3) is 10.8. The van der Waals surface area contributed by atoms with E-state index >= 15 is 0 Å². The van der Waals surface area contributed by atoms with Gasteiger partial charge in [-0.25, -0.2) is 0 Å². The van der Waals surface area contributed by atoms with Gasteiger partial charge in [0, 0.05) is 51.4 Å². The molecule has 0 spiro atoms. The van der Waals surface area contributed by atoms with Crippen LogP contribution in [0.4, 0.5) is 11.4 Å². The zero-order valence-corrected chi connectivity index (χ0v) is 37.9. The monoisotopic (exact) mass is 904 g/mol. The molecule has 2 unspecified atom stereocenters. The Bertz CT molecular complexity index is 2380. The molecule has 340 valence electrons. The smallest absolute Gasteiger partial charge is 0.324 e. The number of nitrogens with one attached hydrogen (secondary N) is 2. The molecule has 0 radical (unpaired) electrons. The third-order valence-corrected chi connectivity index (χ3v) is 12.5. The first-order valence-corrected chi connectivity index (χ1v) is 22.0. The molecule has 65 heavy (non-hydrogen) atoms. The predicted molar refractivity (Wildman–Crippen MR) is 248 cm³/mol. The van der Waals surface area contributed by atoms with Crippen LogP contribution in [0.2, 0.25) is 0 Å². The number of amides is 2. The van der Waals surface area contributed by atoms with Crippen LogP contribution >= 0.6 is 11.8 Å². The fraction of sp³-hybridized carbons (Fsp3) is 0.333. The number of esters is 2. The molecule has 16 nitrogen and oxygen atoms in total. The summed E-state index contributed by atoms with van der Waals surface area (Å²) in [6.07, 6.45) is 5.69. The highest BCUT2D eigenvalue weighted by molar-refractivity contribution is 7.99. The second-order valence-electron chi connectivity index (χ2n) is 16.1. The van der Waals surface area contributed by atoms with Crippen LogP contribution in [0.25, 0.3) is 34.4 Å². The quantitative estimate of drug-likeness (QED) is 0.0557. The number of benzene rings is 4. The summed E-state index contributed by atoms with van der Waals surface area (Å²) in [6.45, 7) is 9.43. The molecule has 2 aliphatic heterocycles. The number of carbonyl (C=O) groups excluding carboxylic acids is 4. The van der Waals surface area contributed by atoms with Gasteiger partial charge in [-0.3, -0.25) is 39.4 Å². The Kier molecular flexibility index (Phi) is 15.7. The number of ether oxygens (including phenoxy) is 2. The first-order valence-electron chi connectivity index (χ1n) is 21.2. The number of nitro benzene ring substituents is 2. The van der Waals surface area contributed by atoms with Crippen LogP contribution < -0.4 is 10.6 Å². The van der Waals surface area contributed by atoms with E-state index in [2.05, 4.69) is 10.6 Å². The van der Waals surface area contributed by atoms with Crippen LogP contribution in [-0.4, -0.2) is 109 Å². The molecule has 4 aromatic rings.